The average molecular weight is 274 g/mol. The molecule has 0 saturated carbocycles. The first-order valence-electron chi connectivity index (χ1n) is 5.34. The molecule has 3 nitrogen and oxygen atoms in total. The molecule has 0 aliphatic rings. The number of amides is 1. The summed E-state index contributed by atoms with van der Waals surface area (Å²) in [5.74, 6) is -0.181. The highest BCUT2D eigenvalue weighted by Gasteiger charge is 2.08. The first kappa shape index (κ1) is 14.2. The van der Waals surface area contributed by atoms with Gasteiger partial charge in [0.2, 0.25) is 0 Å². The monoisotopic (exact) mass is 273 g/mol. The molecule has 1 unspecified atom stereocenters. The maximum Gasteiger partial charge on any atom is 0.251 e. The van der Waals surface area contributed by atoms with Gasteiger partial charge in [0.25, 0.3) is 5.91 Å². The van der Waals surface area contributed by atoms with Crippen LogP contribution in [0.4, 0.5) is 0 Å². The van der Waals surface area contributed by atoms with Gasteiger partial charge in [0.15, 0.2) is 0 Å². The number of hydrogen-bond donors (Lipinski definition) is 2. The number of carbonyl (C=O) groups excluding carboxylic acids is 1. The summed E-state index contributed by atoms with van der Waals surface area (Å²) in [7, 11) is 0. The number of rotatable bonds is 5. The molecule has 0 radical (unpaired) electrons. The second-order valence-electron chi connectivity index (χ2n) is 3.76. The Morgan fingerprint density at radius 1 is 1.59 bits per heavy atom. The number of hydrogen-bond acceptors (Lipinski definition) is 3. The van der Waals surface area contributed by atoms with Gasteiger partial charge in [-0.05, 0) is 30.9 Å². The Bertz CT molecular complexity index is 398. The maximum atomic E-state index is 11.7. The predicted molar refractivity (Wildman–Crippen MR) is 73.0 cm³/mol. The van der Waals surface area contributed by atoms with Gasteiger partial charge in [-0.2, -0.15) is 11.8 Å². The Labute approximate surface area is 111 Å². The van der Waals surface area contributed by atoms with Crippen LogP contribution in [0, 0.1) is 0 Å². The summed E-state index contributed by atoms with van der Waals surface area (Å²) in [6.45, 7) is 2.76. The molecule has 0 bridgehead atoms. The van der Waals surface area contributed by atoms with E-state index in [0.29, 0.717) is 17.4 Å². The highest BCUT2D eigenvalue weighted by atomic mass is 35.5. The third-order valence-electron chi connectivity index (χ3n) is 2.45. The standard InChI is InChI=1S/C12H16ClNO2S/c1-8(17-2)5-6-14-12(16)9-3-4-11(15)10(13)7-9/h3-4,7-8,15H,5-6H2,1-2H3,(H,14,16). The van der Waals surface area contributed by atoms with Gasteiger partial charge in [0.05, 0.1) is 5.02 Å². The minimum Gasteiger partial charge on any atom is -0.506 e. The zero-order valence-corrected chi connectivity index (χ0v) is 11.4. The summed E-state index contributed by atoms with van der Waals surface area (Å²) in [4.78, 5) is 11.7. The van der Waals surface area contributed by atoms with Crippen molar-refractivity contribution in [3.63, 3.8) is 0 Å². The zero-order valence-electron chi connectivity index (χ0n) is 9.87. The van der Waals surface area contributed by atoms with Crippen LogP contribution in [0.5, 0.6) is 5.75 Å². The van der Waals surface area contributed by atoms with E-state index in [1.807, 2.05) is 6.26 Å². The summed E-state index contributed by atoms with van der Waals surface area (Å²) < 4.78 is 0. The average Bonchev–Trinajstić information content (AvgIpc) is 2.32. The lowest BCUT2D eigenvalue weighted by Crippen LogP contribution is -2.25. The van der Waals surface area contributed by atoms with Crippen LogP contribution >= 0.6 is 23.4 Å². The maximum absolute atomic E-state index is 11.7. The first-order chi connectivity index (χ1) is 8.04. The van der Waals surface area contributed by atoms with Gasteiger partial charge in [0.1, 0.15) is 5.75 Å². The molecule has 0 heterocycles. The Hall–Kier alpha value is -0.870. The van der Waals surface area contributed by atoms with Gasteiger partial charge in [-0.15, -0.1) is 0 Å². The van der Waals surface area contributed by atoms with E-state index in [4.69, 9.17) is 11.6 Å². The van der Waals surface area contributed by atoms with E-state index in [9.17, 15) is 9.90 Å². The van der Waals surface area contributed by atoms with Crippen molar-refractivity contribution in [2.75, 3.05) is 12.8 Å². The van der Waals surface area contributed by atoms with Gasteiger partial charge in [-0.3, -0.25) is 4.79 Å². The smallest absolute Gasteiger partial charge is 0.251 e. The van der Waals surface area contributed by atoms with Crippen molar-refractivity contribution in [2.45, 2.75) is 18.6 Å². The van der Waals surface area contributed by atoms with Crippen LogP contribution < -0.4 is 5.32 Å². The van der Waals surface area contributed by atoms with Gasteiger partial charge >= 0.3 is 0 Å². The summed E-state index contributed by atoms with van der Waals surface area (Å²) in [6, 6.07) is 4.43. The quantitative estimate of drug-likeness (QED) is 0.867. The number of phenols is 1. The van der Waals surface area contributed by atoms with Gasteiger partial charge in [0, 0.05) is 17.4 Å². The fraction of sp³-hybridized carbons (Fsp3) is 0.417. The molecule has 94 valence electrons. The van der Waals surface area contributed by atoms with Crippen molar-refractivity contribution in [1.29, 1.82) is 0 Å². The molecule has 1 aromatic carbocycles. The molecule has 17 heavy (non-hydrogen) atoms. The number of halogens is 1. The highest BCUT2D eigenvalue weighted by Crippen LogP contribution is 2.23. The molecular weight excluding hydrogens is 258 g/mol. The molecule has 1 atom stereocenters. The van der Waals surface area contributed by atoms with Crippen LogP contribution in [0.3, 0.4) is 0 Å². The predicted octanol–water partition coefficient (Wildman–Crippen LogP) is 2.92. The van der Waals surface area contributed by atoms with Crippen molar-refractivity contribution in [1.82, 2.24) is 5.32 Å². The zero-order chi connectivity index (χ0) is 12.8. The van der Waals surface area contributed by atoms with E-state index in [1.165, 1.54) is 12.1 Å². The summed E-state index contributed by atoms with van der Waals surface area (Å²) in [5.41, 5.74) is 0.463. The van der Waals surface area contributed by atoms with Crippen LogP contribution in [-0.2, 0) is 0 Å². The number of phenolic OH excluding ortho intramolecular Hbond substituents is 1. The lowest BCUT2D eigenvalue weighted by Gasteiger charge is -2.09. The van der Waals surface area contributed by atoms with Crippen molar-refractivity contribution >= 4 is 29.3 Å². The number of aromatic hydroxyl groups is 1. The normalized spacial score (nSPS) is 12.2. The third kappa shape index (κ3) is 4.48. The lowest BCUT2D eigenvalue weighted by molar-refractivity contribution is 0.0953. The number of thioether (sulfide) groups is 1. The molecule has 0 aliphatic heterocycles. The van der Waals surface area contributed by atoms with Crippen LogP contribution in [0.2, 0.25) is 5.02 Å². The molecule has 0 aromatic heterocycles. The minimum atomic E-state index is -0.166. The van der Waals surface area contributed by atoms with E-state index >= 15 is 0 Å². The molecular formula is C12H16ClNO2S. The van der Waals surface area contributed by atoms with Gasteiger partial charge in [-0.1, -0.05) is 18.5 Å². The van der Waals surface area contributed by atoms with E-state index in [-0.39, 0.29) is 16.7 Å². The van der Waals surface area contributed by atoms with E-state index in [2.05, 4.69) is 12.2 Å². The minimum absolute atomic E-state index is 0.0146. The molecule has 0 saturated heterocycles. The van der Waals surface area contributed by atoms with Gasteiger partial charge in [-0.25, -0.2) is 0 Å². The van der Waals surface area contributed by atoms with Crippen LogP contribution in [-0.4, -0.2) is 29.1 Å². The van der Waals surface area contributed by atoms with E-state index < -0.39 is 0 Å². The molecule has 0 spiro atoms. The summed E-state index contributed by atoms with van der Waals surface area (Å²) in [6.07, 6.45) is 2.98. The number of benzene rings is 1. The van der Waals surface area contributed by atoms with Crippen molar-refractivity contribution < 1.29 is 9.90 Å². The number of nitrogens with one attached hydrogen (secondary N) is 1. The van der Waals surface area contributed by atoms with Gasteiger partial charge < -0.3 is 10.4 Å². The third-order valence-corrected chi connectivity index (χ3v) is 3.79. The number of carbonyl (C=O) groups is 1. The Balaban J connectivity index is 2.50. The van der Waals surface area contributed by atoms with Crippen LogP contribution in [0.15, 0.2) is 18.2 Å². The molecule has 0 fully saturated rings. The van der Waals surface area contributed by atoms with Crippen molar-refractivity contribution in [3.05, 3.63) is 28.8 Å². The molecule has 1 aromatic rings. The topological polar surface area (TPSA) is 49.3 Å². The SMILES string of the molecule is CSC(C)CCNC(=O)c1ccc(O)c(Cl)c1. The Kier molecular flexibility index (Phi) is 5.65. The summed E-state index contributed by atoms with van der Waals surface area (Å²) in [5, 5.41) is 12.8. The Morgan fingerprint density at radius 2 is 2.29 bits per heavy atom. The molecule has 2 N–H and O–H groups in total. The fourth-order valence-electron chi connectivity index (χ4n) is 1.26. The van der Waals surface area contributed by atoms with Crippen molar-refractivity contribution in [2.24, 2.45) is 0 Å². The Morgan fingerprint density at radius 3 is 2.88 bits per heavy atom. The second-order valence-corrected chi connectivity index (χ2v) is 5.44. The molecule has 0 aliphatic carbocycles. The molecule has 1 amide bonds. The highest BCUT2D eigenvalue weighted by molar-refractivity contribution is 7.99. The molecule has 1 rings (SSSR count). The second kappa shape index (κ2) is 6.77. The lowest BCUT2D eigenvalue weighted by atomic mass is 10.2. The van der Waals surface area contributed by atoms with Crippen molar-refractivity contribution in [3.8, 4) is 5.75 Å². The van der Waals surface area contributed by atoms with E-state index in [1.54, 1.807) is 17.8 Å². The first-order valence-corrected chi connectivity index (χ1v) is 7.00. The fourth-order valence-corrected chi connectivity index (χ4v) is 1.79. The van der Waals surface area contributed by atoms with Crippen LogP contribution in [0.1, 0.15) is 23.7 Å². The van der Waals surface area contributed by atoms with Crippen LogP contribution in [0.25, 0.3) is 0 Å². The largest absolute Gasteiger partial charge is 0.506 e. The molecule has 5 heteroatoms. The summed E-state index contributed by atoms with van der Waals surface area (Å²) >= 11 is 7.50. The van der Waals surface area contributed by atoms with E-state index in [0.717, 1.165) is 6.42 Å².